The van der Waals surface area contributed by atoms with Crippen LogP contribution in [0.4, 0.5) is 11.4 Å². The van der Waals surface area contributed by atoms with Gasteiger partial charge in [-0.3, -0.25) is 14.9 Å². The summed E-state index contributed by atoms with van der Waals surface area (Å²) in [5.41, 5.74) is -0.102. The average Bonchev–Trinajstić information content (AvgIpc) is 3.21. The number of nitrogens with zero attached hydrogens (tertiary/aromatic N) is 1. The van der Waals surface area contributed by atoms with Gasteiger partial charge in [0.15, 0.2) is 0 Å². The molecule has 1 amide bonds. The summed E-state index contributed by atoms with van der Waals surface area (Å²) in [5, 5.41) is 13.7. The number of nitro groups is 1. The van der Waals surface area contributed by atoms with Crippen LogP contribution in [0.1, 0.15) is 26.7 Å². The average molecular weight is 341 g/mol. The normalized spacial score (nSPS) is 19.9. The van der Waals surface area contributed by atoms with Crippen LogP contribution >= 0.6 is 0 Å². The Morgan fingerprint density at radius 1 is 1.43 bits per heavy atom. The van der Waals surface area contributed by atoms with Gasteiger partial charge < -0.3 is 5.32 Å². The predicted octanol–water partition coefficient (Wildman–Crippen LogP) is 1.88. The van der Waals surface area contributed by atoms with Gasteiger partial charge in [-0.05, 0) is 24.8 Å². The summed E-state index contributed by atoms with van der Waals surface area (Å²) in [7, 11) is -4.08. The molecule has 1 aromatic carbocycles. The molecule has 23 heavy (non-hydrogen) atoms. The maximum absolute atomic E-state index is 12.4. The lowest BCUT2D eigenvalue weighted by Crippen LogP contribution is -2.32. The van der Waals surface area contributed by atoms with E-state index in [1.807, 2.05) is 13.8 Å². The Morgan fingerprint density at radius 3 is 2.61 bits per heavy atom. The number of carbonyl (C=O) groups excluding carboxylic acids is 1. The maximum atomic E-state index is 12.4. The number of carbonyl (C=O) groups is 1. The molecule has 2 N–H and O–H groups in total. The minimum absolute atomic E-state index is 0.116. The van der Waals surface area contributed by atoms with E-state index in [9.17, 15) is 23.3 Å². The molecule has 0 bridgehead atoms. The number of nitro benzene ring substituents is 1. The monoisotopic (exact) mass is 341 g/mol. The second-order valence-corrected chi connectivity index (χ2v) is 7.30. The van der Waals surface area contributed by atoms with Crippen molar-refractivity contribution in [1.29, 1.82) is 0 Å². The van der Waals surface area contributed by atoms with Gasteiger partial charge in [0.05, 0.1) is 10.6 Å². The lowest BCUT2D eigenvalue weighted by molar-refractivity contribution is -0.384. The minimum atomic E-state index is -4.08. The van der Waals surface area contributed by atoms with E-state index in [4.69, 9.17) is 0 Å². The fourth-order valence-corrected chi connectivity index (χ4v) is 3.41. The molecule has 2 rings (SSSR count). The van der Waals surface area contributed by atoms with Crippen molar-refractivity contribution in [1.82, 2.24) is 4.72 Å². The van der Waals surface area contributed by atoms with Gasteiger partial charge in [-0.2, -0.15) is 0 Å². The van der Waals surface area contributed by atoms with Crippen molar-refractivity contribution < 1.29 is 18.1 Å². The molecule has 1 fully saturated rings. The van der Waals surface area contributed by atoms with Crippen LogP contribution in [0.2, 0.25) is 0 Å². The fourth-order valence-electron chi connectivity index (χ4n) is 2.21. The molecule has 1 aliphatic carbocycles. The van der Waals surface area contributed by atoms with Crippen molar-refractivity contribution in [3.05, 3.63) is 28.3 Å². The zero-order valence-corrected chi connectivity index (χ0v) is 13.7. The molecule has 9 heteroatoms. The second-order valence-electron chi connectivity index (χ2n) is 5.65. The van der Waals surface area contributed by atoms with Crippen LogP contribution in [0.15, 0.2) is 23.1 Å². The Bertz CT molecular complexity index is 732. The van der Waals surface area contributed by atoms with Crippen LogP contribution in [0, 0.1) is 22.0 Å². The molecule has 2 atom stereocenters. The van der Waals surface area contributed by atoms with Crippen molar-refractivity contribution in [3.8, 4) is 0 Å². The van der Waals surface area contributed by atoms with Crippen molar-refractivity contribution in [2.45, 2.75) is 31.6 Å². The first-order valence-corrected chi connectivity index (χ1v) is 8.83. The molecule has 1 saturated carbocycles. The summed E-state index contributed by atoms with van der Waals surface area (Å²) < 4.78 is 26.9. The van der Waals surface area contributed by atoms with Crippen LogP contribution in [-0.4, -0.2) is 25.8 Å². The summed E-state index contributed by atoms with van der Waals surface area (Å²) >= 11 is 0. The van der Waals surface area contributed by atoms with Gasteiger partial charge in [-0.1, -0.05) is 13.8 Å². The van der Waals surface area contributed by atoms with Crippen molar-refractivity contribution in [3.63, 3.8) is 0 Å². The highest BCUT2D eigenvalue weighted by Crippen LogP contribution is 2.38. The van der Waals surface area contributed by atoms with E-state index in [0.29, 0.717) is 19.4 Å². The molecule has 0 aromatic heterocycles. The molecule has 1 aromatic rings. The lowest BCUT2D eigenvalue weighted by atomic mass is 10.2. The number of hydrogen-bond acceptors (Lipinski definition) is 6. The molecular formula is C14H19N3O5S. The Labute approximate surface area is 134 Å². The fraction of sp³-hybridized carbons (Fsp3) is 0.500. The second kappa shape index (κ2) is 6.53. The first-order valence-electron chi connectivity index (χ1n) is 7.35. The number of nitrogens with one attached hydrogen (secondary N) is 2. The first kappa shape index (κ1) is 17.2. The zero-order valence-electron chi connectivity index (χ0n) is 12.9. The summed E-state index contributed by atoms with van der Waals surface area (Å²) in [6.45, 7) is 4.21. The number of amides is 1. The van der Waals surface area contributed by atoms with Crippen molar-refractivity contribution in [2.75, 3.05) is 11.9 Å². The van der Waals surface area contributed by atoms with E-state index in [2.05, 4.69) is 10.0 Å². The predicted molar refractivity (Wildman–Crippen MR) is 84.5 cm³/mol. The summed E-state index contributed by atoms with van der Waals surface area (Å²) in [6.07, 6.45) is 1.39. The highest BCUT2D eigenvalue weighted by molar-refractivity contribution is 7.90. The van der Waals surface area contributed by atoms with Gasteiger partial charge in [0, 0.05) is 24.6 Å². The molecule has 0 saturated heterocycles. The van der Waals surface area contributed by atoms with E-state index in [0.717, 1.165) is 18.2 Å². The summed E-state index contributed by atoms with van der Waals surface area (Å²) in [4.78, 5) is 22.0. The quantitative estimate of drug-likeness (QED) is 0.577. The highest BCUT2D eigenvalue weighted by atomic mass is 32.2. The Balaban J connectivity index is 2.31. The zero-order chi connectivity index (χ0) is 17.2. The van der Waals surface area contributed by atoms with E-state index < -0.39 is 20.9 Å². The highest BCUT2D eigenvalue weighted by Gasteiger charge is 2.41. The third kappa shape index (κ3) is 3.98. The summed E-state index contributed by atoms with van der Waals surface area (Å²) in [5.74, 6) is -0.632. The van der Waals surface area contributed by atoms with Crippen LogP contribution in [0.3, 0.4) is 0 Å². The van der Waals surface area contributed by atoms with Crippen LogP contribution in [-0.2, 0) is 14.8 Å². The van der Waals surface area contributed by atoms with Gasteiger partial charge in [-0.15, -0.1) is 0 Å². The number of sulfonamides is 1. The van der Waals surface area contributed by atoms with Gasteiger partial charge in [0.1, 0.15) is 4.90 Å². The molecule has 0 spiro atoms. The number of anilines is 1. The van der Waals surface area contributed by atoms with E-state index >= 15 is 0 Å². The molecular weight excluding hydrogens is 322 g/mol. The SMILES string of the molecule is CCCNc1cc([N+](=O)[O-])ccc1S(=O)(=O)NC(=O)[C@@H]1C[C@H]1C. The Morgan fingerprint density at radius 2 is 2.09 bits per heavy atom. The van der Waals surface area contributed by atoms with Gasteiger partial charge in [0.2, 0.25) is 5.91 Å². The smallest absolute Gasteiger partial charge is 0.271 e. The molecule has 0 radical (unpaired) electrons. The van der Waals surface area contributed by atoms with Gasteiger partial charge in [-0.25, -0.2) is 13.1 Å². The van der Waals surface area contributed by atoms with Crippen molar-refractivity contribution in [2.24, 2.45) is 11.8 Å². The maximum Gasteiger partial charge on any atom is 0.271 e. The van der Waals surface area contributed by atoms with Gasteiger partial charge >= 0.3 is 0 Å². The summed E-state index contributed by atoms with van der Waals surface area (Å²) in [6, 6.07) is 3.41. The van der Waals surface area contributed by atoms with Crippen LogP contribution < -0.4 is 10.0 Å². The van der Waals surface area contributed by atoms with E-state index in [1.165, 1.54) is 0 Å². The Kier molecular flexibility index (Phi) is 4.88. The first-order chi connectivity index (χ1) is 10.8. The topological polar surface area (TPSA) is 118 Å². The third-order valence-corrected chi connectivity index (χ3v) is 5.12. The number of benzene rings is 1. The molecule has 0 aliphatic heterocycles. The molecule has 8 nitrogen and oxygen atoms in total. The standard InChI is InChI=1S/C14H19N3O5S/c1-3-6-15-12-8-10(17(19)20)4-5-13(12)23(21,22)16-14(18)11-7-9(11)2/h4-5,8-9,11,15H,3,6-7H2,1-2H3,(H,16,18)/t9-,11-/m1/s1. The minimum Gasteiger partial charge on any atom is -0.384 e. The van der Waals surface area contributed by atoms with E-state index in [-0.39, 0.29) is 28.1 Å². The molecule has 1 aliphatic rings. The third-order valence-electron chi connectivity index (χ3n) is 3.71. The van der Waals surface area contributed by atoms with Gasteiger partial charge in [0.25, 0.3) is 15.7 Å². The van der Waals surface area contributed by atoms with E-state index in [1.54, 1.807) is 0 Å². The van der Waals surface area contributed by atoms with Crippen LogP contribution in [0.5, 0.6) is 0 Å². The van der Waals surface area contributed by atoms with Crippen molar-refractivity contribution >= 4 is 27.3 Å². The Hall–Kier alpha value is -2.16. The number of non-ortho nitro benzene ring substituents is 1. The van der Waals surface area contributed by atoms with Crippen LogP contribution in [0.25, 0.3) is 0 Å². The molecule has 0 unspecified atom stereocenters. The molecule has 126 valence electrons. The number of rotatable bonds is 7. The molecule has 0 heterocycles. The largest absolute Gasteiger partial charge is 0.384 e. The number of hydrogen-bond donors (Lipinski definition) is 2. The lowest BCUT2D eigenvalue weighted by Gasteiger charge is -2.12.